The fraction of sp³-hybridized carbons (Fsp3) is 0.167. The quantitative estimate of drug-likeness (QED) is 0.861. The SMILES string of the molecule is N#Cc1ccc(-c2cccc(C3CCC(=O)NC3=O)c2Cl)cc1. The third-order valence-corrected chi connectivity index (χ3v) is 4.39. The molecule has 2 amide bonds. The number of carbonyl (C=O) groups is 2. The molecule has 0 spiro atoms. The van der Waals surface area contributed by atoms with Gasteiger partial charge in [0.1, 0.15) is 0 Å². The van der Waals surface area contributed by atoms with Crippen molar-refractivity contribution in [3.05, 3.63) is 58.6 Å². The largest absolute Gasteiger partial charge is 0.296 e. The predicted octanol–water partition coefficient (Wildman–Crippen LogP) is 3.40. The molecule has 1 atom stereocenters. The van der Waals surface area contributed by atoms with E-state index in [1.54, 1.807) is 12.1 Å². The number of rotatable bonds is 2. The van der Waals surface area contributed by atoms with E-state index >= 15 is 0 Å². The number of imide groups is 1. The van der Waals surface area contributed by atoms with E-state index in [-0.39, 0.29) is 11.8 Å². The molecule has 0 bridgehead atoms. The second-order valence-corrected chi connectivity index (χ2v) is 5.78. The van der Waals surface area contributed by atoms with Gasteiger partial charge in [-0.05, 0) is 29.7 Å². The molecule has 1 aliphatic rings. The Morgan fingerprint density at radius 2 is 1.87 bits per heavy atom. The fourth-order valence-corrected chi connectivity index (χ4v) is 3.12. The summed E-state index contributed by atoms with van der Waals surface area (Å²) in [5.41, 5.74) is 2.98. The summed E-state index contributed by atoms with van der Waals surface area (Å²) < 4.78 is 0. The number of nitrogens with zero attached hydrogens (tertiary/aromatic N) is 1. The second-order valence-electron chi connectivity index (χ2n) is 5.40. The van der Waals surface area contributed by atoms with Crippen molar-refractivity contribution in [1.82, 2.24) is 5.32 Å². The predicted molar refractivity (Wildman–Crippen MR) is 86.7 cm³/mol. The zero-order valence-corrected chi connectivity index (χ0v) is 12.9. The maximum atomic E-state index is 12.1. The Balaban J connectivity index is 1.99. The van der Waals surface area contributed by atoms with Crippen molar-refractivity contribution in [3.63, 3.8) is 0 Å². The summed E-state index contributed by atoms with van der Waals surface area (Å²) in [6.45, 7) is 0. The molecule has 1 fully saturated rings. The molecule has 3 rings (SSSR count). The molecule has 1 saturated heterocycles. The van der Waals surface area contributed by atoms with Gasteiger partial charge in [-0.3, -0.25) is 14.9 Å². The van der Waals surface area contributed by atoms with Crippen LogP contribution in [0.2, 0.25) is 5.02 Å². The standard InChI is InChI=1S/C18H13ClN2O2/c19-17-13(12-6-4-11(10-20)5-7-12)2-1-3-14(17)15-8-9-16(22)21-18(15)23/h1-7,15H,8-9H2,(H,21,22,23). The van der Waals surface area contributed by atoms with Gasteiger partial charge in [-0.2, -0.15) is 5.26 Å². The van der Waals surface area contributed by atoms with E-state index in [0.29, 0.717) is 23.4 Å². The van der Waals surface area contributed by atoms with Crippen LogP contribution in [0.3, 0.4) is 0 Å². The number of nitrogens with one attached hydrogen (secondary N) is 1. The Morgan fingerprint density at radius 1 is 1.13 bits per heavy atom. The third kappa shape index (κ3) is 2.96. The van der Waals surface area contributed by atoms with Gasteiger partial charge in [0.2, 0.25) is 11.8 Å². The zero-order valence-electron chi connectivity index (χ0n) is 12.2. The van der Waals surface area contributed by atoms with Gasteiger partial charge in [0.25, 0.3) is 0 Å². The van der Waals surface area contributed by atoms with Crippen molar-refractivity contribution >= 4 is 23.4 Å². The number of benzene rings is 2. The van der Waals surface area contributed by atoms with Crippen LogP contribution in [-0.4, -0.2) is 11.8 Å². The van der Waals surface area contributed by atoms with E-state index in [0.717, 1.165) is 16.7 Å². The molecule has 23 heavy (non-hydrogen) atoms. The smallest absolute Gasteiger partial charge is 0.234 e. The number of hydrogen-bond acceptors (Lipinski definition) is 3. The minimum atomic E-state index is -0.418. The zero-order chi connectivity index (χ0) is 16.4. The summed E-state index contributed by atoms with van der Waals surface area (Å²) in [7, 11) is 0. The van der Waals surface area contributed by atoms with Gasteiger partial charge in [-0.1, -0.05) is 41.9 Å². The second kappa shape index (κ2) is 6.23. The number of halogens is 1. The van der Waals surface area contributed by atoms with Crippen LogP contribution >= 0.6 is 11.6 Å². The van der Waals surface area contributed by atoms with Crippen LogP contribution < -0.4 is 5.32 Å². The summed E-state index contributed by atoms with van der Waals surface area (Å²) in [4.78, 5) is 23.4. The number of amides is 2. The highest BCUT2D eigenvalue weighted by Gasteiger charge is 2.30. The lowest BCUT2D eigenvalue weighted by Gasteiger charge is -2.23. The molecule has 1 aliphatic heterocycles. The topological polar surface area (TPSA) is 70.0 Å². The molecule has 114 valence electrons. The normalized spacial score (nSPS) is 17.5. The van der Waals surface area contributed by atoms with Crippen LogP contribution in [0.4, 0.5) is 0 Å². The highest BCUT2D eigenvalue weighted by molar-refractivity contribution is 6.34. The van der Waals surface area contributed by atoms with Crippen molar-refractivity contribution in [3.8, 4) is 17.2 Å². The van der Waals surface area contributed by atoms with Crippen LogP contribution in [0.1, 0.15) is 29.9 Å². The molecule has 2 aromatic rings. The van der Waals surface area contributed by atoms with Crippen molar-refractivity contribution < 1.29 is 9.59 Å². The number of hydrogen-bond donors (Lipinski definition) is 1. The van der Waals surface area contributed by atoms with Crippen LogP contribution in [-0.2, 0) is 9.59 Å². The summed E-state index contributed by atoms with van der Waals surface area (Å²) in [5.74, 6) is -0.968. The van der Waals surface area contributed by atoms with Crippen molar-refractivity contribution in [2.24, 2.45) is 0 Å². The molecule has 4 nitrogen and oxygen atoms in total. The Hall–Kier alpha value is -2.64. The molecule has 2 aromatic carbocycles. The number of piperidine rings is 1. The van der Waals surface area contributed by atoms with Crippen LogP contribution in [0, 0.1) is 11.3 Å². The first-order valence-corrected chi connectivity index (χ1v) is 7.60. The van der Waals surface area contributed by atoms with Gasteiger partial charge >= 0.3 is 0 Å². The van der Waals surface area contributed by atoms with Gasteiger partial charge in [0.05, 0.1) is 22.6 Å². The van der Waals surface area contributed by atoms with Gasteiger partial charge < -0.3 is 0 Å². The lowest BCUT2D eigenvalue weighted by atomic mass is 9.88. The summed E-state index contributed by atoms with van der Waals surface area (Å²) in [6.07, 6.45) is 0.773. The monoisotopic (exact) mass is 324 g/mol. The summed E-state index contributed by atoms with van der Waals surface area (Å²) in [5, 5.41) is 11.7. The maximum Gasteiger partial charge on any atom is 0.234 e. The molecule has 1 unspecified atom stereocenters. The maximum absolute atomic E-state index is 12.1. The summed E-state index contributed by atoms with van der Waals surface area (Å²) in [6, 6.07) is 14.7. The van der Waals surface area contributed by atoms with Crippen LogP contribution in [0.5, 0.6) is 0 Å². The molecule has 5 heteroatoms. The Labute approximate surface area is 138 Å². The molecule has 0 aromatic heterocycles. The first-order valence-electron chi connectivity index (χ1n) is 7.23. The fourth-order valence-electron chi connectivity index (χ4n) is 2.76. The molecular formula is C18H13ClN2O2. The highest BCUT2D eigenvalue weighted by Crippen LogP contribution is 2.37. The number of carbonyl (C=O) groups excluding carboxylic acids is 2. The Morgan fingerprint density at radius 3 is 2.52 bits per heavy atom. The van der Waals surface area contributed by atoms with E-state index in [9.17, 15) is 9.59 Å². The molecular weight excluding hydrogens is 312 g/mol. The van der Waals surface area contributed by atoms with Gasteiger partial charge in [0.15, 0.2) is 0 Å². The van der Waals surface area contributed by atoms with E-state index in [2.05, 4.69) is 11.4 Å². The van der Waals surface area contributed by atoms with Crippen LogP contribution in [0.25, 0.3) is 11.1 Å². The minimum Gasteiger partial charge on any atom is -0.296 e. The van der Waals surface area contributed by atoms with Crippen molar-refractivity contribution in [2.75, 3.05) is 0 Å². The molecule has 0 aliphatic carbocycles. The van der Waals surface area contributed by atoms with E-state index in [1.165, 1.54) is 0 Å². The first-order chi connectivity index (χ1) is 11.1. The Bertz CT molecular complexity index is 822. The molecule has 0 saturated carbocycles. The average Bonchev–Trinajstić information content (AvgIpc) is 2.56. The molecule has 1 N–H and O–H groups in total. The van der Waals surface area contributed by atoms with Gasteiger partial charge in [-0.15, -0.1) is 0 Å². The van der Waals surface area contributed by atoms with Crippen molar-refractivity contribution in [1.29, 1.82) is 5.26 Å². The number of nitriles is 1. The molecule has 1 heterocycles. The summed E-state index contributed by atoms with van der Waals surface area (Å²) >= 11 is 6.52. The van der Waals surface area contributed by atoms with E-state index in [1.807, 2.05) is 30.3 Å². The highest BCUT2D eigenvalue weighted by atomic mass is 35.5. The third-order valence-electron chi connectivity index (χ3n) is 3.97. The van der Waals surface area contributed by atoms with Crippen LogP contribution in [0.15, 0.2) is 42.5 Å². The van der Waals surface area contributed by atoms with E-state index in [4.69, 9.17) is 16.9 Å². The van der Waals surface area contributed by atoms with Crippen molar-refractivity contribution in [2.45, 2.75) is 18.8 Å². The van der Waals surface area contributed by atoms with Gasteiger partial charge in [0, 0.05) is 12.0 Å². The Kier molecular flexibility index (Phi) is 4.14. The minimum absolute atomic E-state index is 0.245. The van der Waals surface area contributed by atoms with Gasteiger partial charge in [-0.25, -0.2) is 0 Å². The lowest BCUT2D eigenvalue weighted by molar-refractivity contribution is -0.134. The first kappa shape index (κ1) is 15.3. The average molecular weight is 325 g/mol. The molecule has 0 radical (unpaired) electrons. The lowest BCUT2D eigenvalue weighted by Crippen LogP contribution is -2.39. The van der Waals surface area contributed by atoms with E-state index < -0.39 is 5.92 Å².